The highest BCUT2D eigenvalue weighted by molar-refractivity contribution is 5.83. The van der Waals surface area contributed by atoms with Crippen LogP contribution in [-0.4, -0.2) is 22.7 Å². The highest BCUT2D eigenvalue weighted by Crippen LogP contribution is 2.20. The van der Waals surface area contributed by atoms with Crippen LogP contribution in [0, 0.1) is 0 Å². The predicted octanol–water partition coefficient (Wildman–Crippen LogP) is 5.87. The first kappa shape index (κ1) is 21.5. The Morgan fingerprint density at radius 2 is 1.64 bits per heavy atom. The summed E-state index contributed by atoms with van der Waals surface area (Å²) < 4.78 is 5.45. The summed E-state index contributed by atoms with van der Waals surface area (Å²) in [5.41, 5.74) is 2.98. The molecule has 4 heteroatoms. The number of rotatable bonds is 5. The molecule has 0 bridgehead atoms. The van der Waals surface area contributed by atoms with E-state index in [4.69, 9.17) is 4.74 Å². The number of para-hydroxylation sites is 1. The van der Waals surface area contributed by atoms with Crippen LogP contribution in [0.25, 0.3) is 10.9 Å². The number of aromatic amines is 1. The Hall–Kier alpha value is -2.75. The summed E-state index contributed by atoms with van der Waals surface area (Å²) in [5, 5.41) is 4.24. The van der Waals surface area contributed by atoms with Gasteiger partial charge in [-0.15, -0.1) is 0 Å². The average molecular weight is 381 g/mol. The van der Waals surface area contributed by atoms with Gasteiger partial charge in [-0.25, -0.2) is 4.79 Å². The van der Waals surface area contributed by atoms with Crippen molar-refractivity contribution < 1.29 is 9.53 Å². The van der Waals surface area contributed by atoms with Crippen LogP contribution < -0.4 is 5.32 Å². The Morgan fingerprint density at radius 1 is 1.00 bits per heavy atom. The largest absolute Gasteiger partial charge is 0.444 e. The Bertz CT molecular complexity index is 863. The van der Waals surface area contributed by atoms with Gasteiger partial charge in [0.05, 0.1) is 0 Å². The molecule has 150 valence electrons. The molecule has 2 N–H and O–H groups in total. The van der Waals surface area contributed by atoms with Crippen molar-refractivity contribution in [1.29, 1.82) is 0 Å². The van der Waals surface area contributed by atoms with Crippen LogP contribution in [0.1, 0.15) is 45.7 Å². The van der Waals surface area contributed by atoms with Crippen molar-refractivity contribution in [2.75, 3.05) is 0 Å². The number of carbonyl (C=O) groups is 1. The second kappa shape index (κ2) is 9.98. The molecule has 0 saturated heterocycles. The van der Waals surface area contributed by atoms with Crippen molar-refractivity contribution in [3.8, 4) is 0 Å². The van der Waals surface area contributed by atoms with Crippen LogP contribution in [0.5, 0.6) is 0 Å². The monoisotopic (exact) mass is 380 g/mol. The molecular weight excluding hydrogens is 348 g/mol. The summed E-state index contributed by atoms with van der Waals surface area (Å²) in [6.45, 7) is 9.62. The lowest BCUT2D eigenvalue weighted by Gasteiger charge is -2.24. The molecule has 1 heterocycles. The molecule has 1 unspecified atom stereocenters. The first-order valence-corrected chi connectivity index (χ1v) is 9.99. The number of hydrogen-bond donors (Lipinski definition) is 2. The van der Waals surface area contributed by atoms with E-state index in [0.29, 0.717) is 0 Å². The van der Waals surface area contributed by atoms with E-state index < -0.39 is 5.60 Å². The van der Waals surface area contributed by atoms with E-state index in [1.165, 1.54) is 16.5 Å². The molecular formula is C24H32N2O2. The van der Waals surface area contributed by atoms with Crippen LogP contribution in [0.2, 0.25) is 0 Å². The quantitative estimate of drug-likeness (QED) is 0.581. The highest BCUT2D eigenvalue weighted by atomic mass is 16.6. The summed E-state index contributed by atoms with van der Waals surface area (Å²) >= 11 is 0. The highest BCUT2D eigenvalue weighted by Gasteiger charge is 2.21. The fourth-order valence-electron chi connectivity index (χ4n) is 3.11. The summed E-state index contributed by atoms with van der Waals surface area (Å²) in [6.07, 6.45) is 3.13. The minimum absolute atomic E-state index is 0.0496. The van der Waals surface area contributed by atoms with Crippen LogP contribution in [-0.2, 0) is 17.6 Å². The molecule has 3 rings (SSSR count). The minimum Gasteiger partial charge on any atom is -0.444 e. The van der Waals surface area contributed by atoms with Gasteiger partial charge in [-0.3, -0.25) is 0 Å². The normalized spacial score (nSPS) is 12.0. The SMILES string of the molecule is CC.CC(C)(C)OC(=O)NC(Cc1ccccc1)Cc1c[nH]c2ccccc12. The van der Waals surface area contributed by atoms with E-state index in [1.54, 1.807) is 0 Å². The number of carbonyl (C=O) groups excluding carboxylic acids is 1. The van der Waals surface area contributed by atoms with Gasteiger partial charge in [0.2, 0.25) is 0 Å². The molecule has 0 aliphatic heterocycles. The van der Waals surface area contributed by atoms with Gasteiger partial charge in [0.1, 0.15) is 5.60 Å². The maximum atomic E-state index is 12.3. The number of hydrogen-bond acceptors (Lipinski definition) is 2. The van der Waals surface area contributed by atoms with Crippen molar-refractivity contribution in [3.05, 3.63) is 71.9 Å². The first-order valence-electron chi connectivity index (χ1n) is 9.99. The number of benzene rings is 2. The molecule has 1 amide bonds. The van der Waals surface area contributed by atoms with Crippen molar-refractivity contribution in [1.82, 2.24) is 10.3 Å². The lowest BCUT2D eigenvalue weighted by atomic mass is 9.99. The zero-order chi connectivity index (χ0) is 20.6. The fraction of sp³-hybridized carbons (Fsp3) is 0.375. The molecule has 1 aromatic heterocycles. The Labute approximate surface area is 168 Å². The van der Waals surface area contributed by atoms with Crippen molar-refractivity contribution in [2.45, 2.75) is 59.1 Å². The van der Waals surface area contributed by atoms with Gasteiger partial charge in [-0.1, -0.05) is 62.4 Å². The van der Waals surface area contributed by atoms with Crippen molar-refractivity contribution in [2.24, 2.45) is 0 Å². The van der Waals surface area contributed by atoms with Crippen LogP contribution in [0.3, 0.4) is 0 Å². The Balaban J connectivity index is 0.00000136. The van der Waals surface area contributed by atoms with Gasteiger partial charge in [0.15, 0.2) is 0 Å². The summed E-state index contributed by atoms with van der Waals surface area (Å²) in [5.74, 6) is 0. The lowest BCUT2D eigenvalue weighted by Crippen LogP contribution is -2.41. The van der Waals surface area contributed by atoms with E-state index in [-0.39, 0.29) is 12.1 Å². The van der Waals surface area contributed by atoms with Gasteiger partial charge in [0.25, 0.3) is 0 Å². The van der Waals surface area contributed by atoms with Gasteiger partial charge >= 0.3 is 6.09 Å². The number of ether oxygens (including phenoxy) is 1. The van der Waals surface area contributed by atoms with E-state index in [1.807, 2.05) is 71.1 Å². The second-order valence-electron chi connectivity index (χ2n) is 7.60. The smallest absolute Gasteiger partial charge is 0.407 e. The number of alkyl carbamates (subject to hydrolysis) is 1. The molecule has 28 heavy (non-hydrogen) atoms. The lowest BCUT2D eigenvalue weighted by molar-refractivity contribution is 0.0504. The fourth-order valence-corrected chi connectivity index (χ4v) is 3.11. The molecule has 0 radical (unpaired) electrons. The third-order valence-corrected chi connectivity index (χ3v) is 4.19. The molecule has 1 atom stereocenters. The maximum Gasteiger partial charge on any atom is 0.407 e. The molecule has 3 aromatic rings. The standard InChI is InChI=1S/C22H26N2O2.C2H6/c1-22(2,3)26-21(25)24-18(13-16-9-5-4-6-10-16)14-17-15-23-20-12-8-7-11-19(17)20;1-2/h4-12,15,18,23H,13-14H2,1-3H3,(H,24,25);1-2H3. The van der Waals surface area contributed by atoms with Crippen LogP contribution in [0.15, 0.2) is 60.8 Å². The third-order valence-electron chi connectivity index (χ3n) is 4.19. The molecule has 0 spiro atoms. The molecule has 0 fully saturated rings. The zero-order valence-electron chi connectivity index (χ0n) is 17.6. The molecule has 0 aliphatic carbocycles. The van der Waals surface area contributed by atoms with E-state index in [0.717, 1.165) is 18.4 Å². The second-order valence-corrected chi connectivity index (χ2v) is 7.60. The maximum absolute atomic E-state index is 12.3. The van der Waals surface area contributed by atoms with Gasteiger partial charge in [-0.05, 0) is 50.8 Å². The van der Waals surface area contributed by atoms with Gasteiger partial charge in [0, 0.05) is 23.1 Å². The number of nitrogens with one attached hydrogen (secondary N) is 2. The molecule has 2 aromatic carbocycles. The Morgan fingerprint density at radius 3 is 2.32 bits per heavy atom. The first-order chi connectivity index (χ1) is 13.4. The van der Waals surface area contributed by atoms with Gasteiger partial charge < -0.3 is 15.0 Å². The van der Waals surface area contributed by atoms with Crippen molar-refractivity contribution >= 4 is 17.0 Å². The molecule has 0 saturated carbocycles. The minimum atomic E-state index is -0.512. The number of H-pyrrole nitrogens is 1. The Kier molecular flexibility index (Phi) is 7.68. The predicted molar refractivity (Wildman–Crippen MR) is 117 cm³/mol. The topological polar surface area (TPSA) is 54.1 Å². The van der Waals surface area contributed by atoms with E-state index >= 15 is 0 Å². The number of amides is 1. The summed E-state index contributed by atoms with van der Waals surface area (Å²) in [6, 6.07) is 18.4. The van der Waals surface area contributed by atoms with Crippen LogP contribution >= 0.6 is 0 Å². The number of aromatic nitrogens is 1. The zero-order valence-corrected chi connectivity index (χ0v) is 17.6. The van der Waals surface area contributed by atoms with E-state index in [2.05, 4.69) is 34.6 Å². The molecule has 4 nitrogen and oxygen atoms in total. The summed E-state index contributed by atoms with van der Waals surface area (Å²) in [4.78, 5) is 15.6. The van der Waals surface area contributed by atoms with Crippen LogP contribution in [0.4, 0.5) is 4.79 Å². The molecule has 0 aliphatic rings. The van der Waals surface area contributed by atoms with Gasteiger partial charge in [-0.2, -0.15) is 0 Å². The number of fused-ring (bicyclic) bond motifs is 1. The third kappa shape index (κ3) is 6.45. The average Bonchev–Trinajstić information content (AvgIpc) is 3.06. The van der Waals surface area contributed by atoms with E-state index in [9.17, 15) is 4.79 Å². The summed E-state index contributed by atoms with van der Waals surface area (Å²) in [7, 11) is 0. The van der Waals surface area contributed by atoms with Crippen molar-refractivity contribution in [3.63, 3.8) is 0 Å².